The second-order valence-corrected chi connectivity index (χ2v) is 6.86. The van der Waals surface area contributed by atoms with Gasteiger partial charge >= 0.3 is 0 Å². The Hall–Kier alpha value is 1.40. The molecule has 9 heavy (non-hydrogen) atoms. The number of thioether (sulfide) groups is 2. The van der Waals surface area contributed by atoms with E-state index in [0.717, 1.165) is 0 Å². The summed E-state index contributed by atoms with van der Waals surface area (Å²) in [6, 6.07) is 0. The molecule has 0 aromatic carbocycles. The molecule has 0 unspecified atom stereocenters. The van der Waals surface area contributed by atoms with Crippen LogP contribution in [-0.2, 0) is 0 Å². The monoisotopic (exact) mass is 198 g/mol. The van der Waals surface area contributed by atoms with Crippen molar-refractivity contribution in [1.82, 2.24) is 0 Å². The average Bonchev–Trinajstić information content (AvgIpc) is 2.00. The van der Waals surface area contributed by atoms with E-state index in [1.807, 2.05) is 21.6 Å². The van der Waals surface area contributed by atoms with Crippen LogP contribution in [0.1, 0.15) is 0 Å². The minimum absolute atomic E-state index is 1.28. The van der Waals surface area contributed by atoms with Crippen LogP contribution in [0.3, 0.4) is 0 Å². The smallest absolute Gasteiger partial charge is 0.0496 e. The van der Waals surface area contributed by atoms with E-state index in [9.17, 15) is 0 Å². The first-order chi connectivity index (χ1) is 4.50. The number of rotatable bonds is 0. The predicted molar refractivity (Wildman–Crippen MR) is 54.7 cm³/mol. The summed E-state index contributed by atoms with van der Waals surface area (Å²) in [5.74, 6) is 5.37. The Morgan fingerprint density at radius 3 is 2.44 bits per heavy atom. The summed E-state index contributed by atoms with van der Waals surface area (Å²) in [4.78, 5) is 0. The Labute approximate surface area is 73.1 Å². The van der Waals surface area contributed by atoms with Gasteiger partial charge in [-0.1, -0.05) is 21.6 Å². The van der Waals surface area contributed by atoms with Crippen molar-refractivity contribution in [3.05, 3.63) is 0 Å². The summed E-state index contributed by atoms with van der Waals surface area (Å²) in [5.41, 5.74) is 0. The van der Waals surface area contributed by atoms with Gasteiger partial charge < -0.3 is 0 Å². The Kier molecular flexibility index (Phi) is 5.79. The predicted octanol–water partition coefficient (Wildman–Crippen LogP) is 2.81. The highest BCUT2D eigenvalue weighted by molar-refractivity contribution is 8.78. The molecular weight excluding hydrogens is 188 g/mol. The summed E-state index contributed by atoms with van der Waals surface area (Å²) < 4.78 is 0. The number of hydrogen-bond donors (Lipinski definition) is 0. The van der Waals surface area contributed by atoms with E-state index in [4.69, 9.17) is 0 Å². The van der Waals surface area contributed by atoms with Crippen LogP contribution < -0.4 is 0 Å². The van der Waals surface area contributed by atoms with E-state index in [2.05, 4.69) is 23.5 Å². The lowest BCUT2D eigenvalue weighted by atomic mass is 10.9. The van der Waals surface area contributed by atoms with Gasteiger partial charge in [-0.25, -0.2) is 0 Å². The quantitative estimate of drug-likeness (QED) is 0.549. The molecule has 54 valence electrons. The van der Waals surface area contributed by atoms with E-state index in [-0.39, 0.29) is 0 Å². The van der Waals surface area contributed by atoms with Crippen molar-refractivity contribution in [2.75, 3.05) is 28.1 Å². The van der Waals surface area contributed by atoms with Gasteiger partial charge in [0.05, 0.1) is 0 Å². The number of hydrogen-bond acceptors (Lipinski definition) is 4. The molecule has 0 nitrogen and oxygen atoms in total. The van der Waals surface area contributed by atoms with Crippen LogP contribution in [0.15, 0.2) is 0 Å². The second-order valence-electron chi connectivity index (χ2n) is 1.58. The third-order valence-corrected chi connectivity index (χ3v) is 6.35. The molecule has 0 bridgehead atoms. The molecule has 1 rings (SSSR count). The third kappa shape index (κ3) is 4.76. The van der Waals surface area contributed by atoms with Crippen molar-refractivity contribution in [1.29, 1.82) is 0 Å². The standard InChI is InChI=1S/C5H10S4/c1-2-7-5-9-8-4-3-6-1/h1-5H2. The van der Waals surface area contributed by atoms with E-state index in [0.29, 0.717) is 0 Å². The normalized spacial score (nSPS) is 24.0. The first-order valence-electron chi connectivity index (χ1n) is 2.90. The van der Waals surface area contributed by atoms with Crippen LogP contribution in [0.4, 0.5) is 0 Å². The maximum Gasteiger partial charge on any atom is 0.0496 e. The summed E-state index contributed by atoms with van der Waals surface area (Å²) in [5, 5.41) is 1.28. The Bertz CT molecular complexity index is 37.4. The van der Waals surface area contributed by atoms with Gasteiger partial charge in [-0.05, 0) is 0 Å². The molecule has 0 aromatic heterocycles. The van der Waals surface area contributed by atoms with Crippen LogP contribution in [0.25, 0.3) is 0 Å². The zero-order valence-electron chi connectivity index (χ0n) is 5.17. The highest BCUT2D eigenvalue weighted by atomic mass is 33.1. The molecule has 0 aromatic rings. The minimum atomic E-state index is 1.28. The zero-order valence-corrected chi connectivity index (χ0v) is 8.43. The summed E-state index contributed by atoms with van der Waals surface area (Å²) >= 11 is 4.15. The molecule has 1 saturated heterocycles. The van der Waals surface area contributed by atoms with Crippen molar-refractivity contribution in [2.24, 2.45) is 0 Å². The first-order valence-corrected chi connectivity index (χ1v) is 7.70. The molecule has 1 aliphatic heterocycles. The molecule has 0 aliphatic carbocycles. The maximum absolute atomic E-state index is 2.09. The first kappa shape index (κ1) is 8.50. The lowest BCUT2D eigenvalue weighted by Gasteiger charge is -1.93. The van der Waals surface area contributed by atoms with Gasteiger partial charge in [0, 0.05) is 28.1 Å². The van der Waals surface area contributed by atoms with Crippen molar-refractivity contribution >= 4 is 45.1 Å². The maximum atomic E-state index is 2.09. The molecule has 0 saturated carbocycles. The van der Waals surface area contributed by atoms with Crippen LogP contribution in [0, 0.1) is 0 Å². The zero-order chi connectivity index (χ0) is 6.36. The van der Waals surface area contributed by atoms with Gasteiger partial charge in [-0.3, -0.25) is 0 Å². The summed E-state index contributed by atoms with van der Waals surface area (Å²) in [6.07, 6.45) is 0. The van der Waals surface area contributed by atoms with E-state index >= 15 is 0 Å². The topological polar surface area (TPSA) is 0 Å². The highest BCUT2D eigenvalue weighted by Gasteiger charge is 1.96. The molecule has 0 radical (unpaired) electrons. The molecule has 0 spiro atoms. The Morgan fingerprint density at radius 1 is 0.667 bits per heavy atom. The fourth-order valence-electron chi connectivity index (χ4n) is 0.499. The lowest BCUT2D eigenvalue weighted by molar-refractivity contribution is 1.50. The Balaban J connectivity index is 2.02. The van der Waals surface area contributed by atoms with E-state index in [1.54, 1.807) is 0 Å². The van der Waals surface area contributed by atoms with Crippen molar-refractivity contribution < 1.29 is 0 Å². The van der Waals surface area contributed by atoms with Gasteiger partial charge in [-0.2, -0.15) is 11.8 Å². The van der Waals surface area contributed by atoms with Crippen LogP contribution in [0.2, 0.25) is 0 Å². The SMILES string of the molecule is C1CSCSSCCS1. The molecule has 4 heteroatoms. The van der Waals surface area contributed by atoms with Gasteiger partial charge in [0.1, 0.15) is 0 Å². The van der Waals surface area contributed by atoms with Gasteiger partial charge in [0.15, 0.2) is 0 Å². The Morgan fingerprint density at radius 2 is 1.44 bits per heavy atom. The average molecular weight is 198 g/mol. The van der Waals surface area contributed by atoms with Crippen LogP contribution >= 0.6 is 45.1 Å². The highest BCUT2D eigenvalue weighted by Crippen LogP contribution is 2.28. The van der Waals surface area contributed by atoms with Gasteiger partial charge in [0.2, 0.25) is 0 Å². The second kappa shape index (κ2) is 6.13. The molecule has 0 N–H and O–H groups in total. The molecule has 0 atom stereocenters. The fourth-order valence-corrected chi connectivity index (χ4v) is 5.71. The van der Waals surface area contributed by atoms with Crippen LogP contribution in [-0.4, -0.2) is 28.1 Å². The van der Waals surface area contributed by atoms with Crippen LogP contribution in [0.5, 0.6) is 0 Å². The fraction of sp³-hybridized carbons (Fsp3) is 1.00. The van der Waals surface area contributed by atoms with Crippen molar-refractivity contribution in [3.8, 4) is 0 Å². The molecule has 0 amide bonds. The molecule has 1 aliphatic rings. The van der Waals surface area contributed by atoms with E-state index < -0.39 is 0 Å². The molecule has 1 heterocycles. The third-order valence-electron chi connectivity index (χ3n) is 0.898. The van der Waals surface area contributed by atoms with Gasteiger partial charge in [-0.15, -0.1) is 11.8 Å². The lowest BCUT2D eigenvalue weighted by Crippen LogP contribution is -1.85. The largest absolute Gasteiger partial charge is 0.160 e. The van der Waals surface area contributed by atoms with Crippen molar-refractivity contribution in [3.63, 3.8) is 0 Å². The summed E-state index contributed by atoms with van der Waals surface area (Å²) in [6.45, 7) is 0. The molecule has 1 fully saturated rings. The van der Waals surface area contributed by atoms with Gasteiger partial charge in [0.25, 0.3) is 0 Å². The molecular formula is C5H10S4. The minimum Gasteiger partial charge on any atom is -0.160 e. The van der Waals surface area contributed by atoms with Crippen molar-refractivity contribution in [2.45, 2.75) is 0 Å². The summed E-state index contributed by atoms with van der Waals surface area (Å²) in [7, 11) is 4.03. The van der Waals surface area contributed by atoms with E-state index in [1.165, 1.54) is 28.1 Å².